The molecule has 2 amide bonds. The number of rotatable bonds is 1. The van der Waals surface area contributed by atoms with Crippen molar-refractivity contribution in [2.24, 2.45) is 0 Å². The van der Waals surface area contributed by atoms with Crippen LogP contribution in [0.5, 0.6) is 0 Å². The second kappa shape index (κ2) is 6.65. The van der Waals surface area contributed by atoms with Crippen molar-refractivity contribution in [2.45, 2.75) is 25.3 Å². The summed E-state index contributed by atoms with van der Waals surface area (Å²) in [5, 5.41) is 0. The largest absolute Gasteiger partial charge is 0.322 e. The minimum Gasteiger partial charge on any atom is -0.322 e. The number of piperazine rings is 1. The lowest BCUT2D eigenvalue weighted by molar-refractivity contribution is 0.0950. The molecule has 2 heterocycles. The van der Waals surface area contributed by atoms with E-state index in [0.717, 1.165) is 57.5 Å². The molecule has 120 valence electrons. The predicted octanol–water partition coefficient (Wildman–Crippen LogP) is 2.72. The van der Waals surface area contributed by atoms with Crippen molar-refractivity contribution in [2.75, 3.05) is 39.8 Å². The van der Waals surface area contributed by atoms with E-state index >= 15 is 0 Å². The summed E-state index contributed by atoms with van der Waals surface area (Å²) < 4.78 is 13.1. The van der Waals surface area contributed by atoms with Gasteiger partial charge < -0.3 is 14.7 Å². The minimum absolute atomic E-state index is 0.0847. The van der Waals surface area contributed by atoms with Crippen LogP contribution in [0, 0.1) is 5.82 Å². The number of likely N-dealkylation sites (tertiary alicyclic amines) is 1. The molecule has 1 aromatic rings. The lowest BCUT2D eigenvalue weighted by Crippen LogP contribution is -2.53. The average molecular weight is 305 g/mol. The zero-order chi connectivity index (χ0) is 15.5. The highest BCUT2D eigenvalue weighted by molar-refractivity contribution is 5.75. The van der Waals surface area contributed by atoms with Crippen LogP contribution in [-0.2, 0) is 0 Å². The number of nitrogens with zero attached hydrogens (tertiary/aromatic N) is 3. The molecule has 1 aromatic carbocycles. The third-order valence-corrected chi connectivity index (χ3v) is 4.78. The highest BCUT2D eigenvalue weighted by Gasteiger charge is 2.31. The van der Waals surface area contributed by atoms with Gasteiger partial charge in [-0.15, -0.1) is 0 Å². The van der Waals surface area contributed by atoms with Gasteiger partial charge in [0, 0.05) is 32.7 Å². The Morgan fingerprint density at radius 3 is 2.41 bits per heavy atom. The molecule has 0 aromatic heterocycles. The first-order chi connectivity index (χ1) is 10.6. The SMILES string of the molecule is CN1CCN(C(=O)N2CCCCC2c2ccc(F)cc2)CC1. The van der Waals surface area contributed by atoms with Gasteiger partial charge in [-0.1, -0.05) is 12.1 Å². The molecular formula is C17H24FN3O. The monoisotopic (exact) mass is 305 g/mol. The van der Waals surface area contributed by atoms with E-state index in [2.05, 4.69) is 11.9 Å². The van der Waals surface area contributed by atoms with E-state index in [0.29, 0.717) is 0 Å². The van der Waals surface area contributed by atoms with Crippen molar-refractivity contribution in [3.63, 3.8) is 0 Å². The molecule has 1 atom stereocenters. The third-order valence-electron chi connectivity index (χ3n) is 4.78. The standard InChI is InChI=1S/C17H24FN3O/c1-19-10-12-20(13-11-19)17(22)21-9-3-2-4-16(21)14-5-7-15(18)8-6-14/h5-8,16H,2-4,9-13H2,1H3. The molecule has 1 unspecified atom stereocenters. The molecule has 0 spiro atoms. The van der Waals surface area contributed by atoms with E-state index in [9.17, 15) is 9.18 Å². The summed E-state index contributed by atoms with van der Waals surface area (Å²) in [5.74, 6) is -0.225. The Labute approximate surface area is 131 Å². The van der Waals surface area contributed by atoms with Gasteiger partial charge in [-0.3, -0.25) is 0 Å². The number of amides is 2. The summed E-state index contributed by atoms with van der Waals surface area (Å²) in [5.41, 5.74) is 1.04. The number of halogens is 1. The Morgan fingerprint density at radius 1 is 1.05 bits per heavy atom. The van der Waals surface area contributed by atoms with Gasteiger partial charge in [0.2, 0.25) is 0 Å². The molecule has 5 heteroatoms. The molecule has 4 nitrogen and oxygen atoms in total. The molecule has 2 saturated heterocycles. The third kappa shape index (κ3) is 3.24. The summed E-state index contributed by atoms with van der Waals surface area (Å²) in [6.07, 6.45) is 3.14. The smallest absolute Gasteiger partial charge is 0.320 e. The first kappa shape index (κ1) is 15.3. The second-order valence-electron chi connectivity index (χ2n) is 6.33. The first-order valence-electron chi connectivity index (χ1n) is 8.15. The molecule has 0 N–H and O–H groups in total. The summed E-state index contributed by atoms with van der Waals surface area (Å²) in [4.78, 5) is 19.1. The number of carbonyl (C=O) groups is 1. The molecule has 22 heavy (non-hydrogen) atoms. The van der Waals surface area contributed by atoms with E-state index in [1.807, 2.05) is 21.9 Å². The van der Waals surface area contributed by atoms with Crippen molar-refractivity contribution < 1.29 is 9.18 Å². The molecule has 2 aliphatic rings. The van der Waals surface area contributed by atoms with Crippen molar-refractivity contribution in [1.29, 1.82) is 0 Å². The zero-order valence-corrected chi connectivity index (χ0v) is 13.2. The van der Waals surface area contributed by atoms with Crippen LogP contribution in [0.15, 0.2) is 24.3 Å². The fourth-order valence-electron chi connectivity index (χ4n) is 3.37. The van der Waals surface area contributed by atoms with E-state index < -0.39 is 0 Å². The van der Waals surface area contributed by atoms with Gasteiger partial charge in [0.05, 0.1) is 6.04 Å². The number of urea groups is 1. The van der Waals surface area contributed by atoms with E-state index in [1.165, 1.54) is 12.1 Å². The topological polar surface area (TPSA) is 26.8 Å². The van der Waals surface area contributed by atoms with Gasteiger partial charge >= 0.3 is 6.03 Å². The molecule has 0 radical (unpaired) electrons. The van der Waals surface area contributed by atoms with Gasteiger partial charge in [0.25, 0.3) is 0 Å². The van der Waals surface area contributed by atoms with Crippen LogP contribution >= 0.6 is 0 Å². The Bertz CT molecular complexity index is 511. The quantitative estimate of drug-likeness (QED) is 0.797. The van der Waals surface area contributed by atoms with Gasteiger partial charge in [0.15, 0.2) is 0 Å². The molecule has 3 rings (SSSR count). The van der Waals surface area contributed by atoms with Gasteiger partial charge in [-0.05, 0) is 44.0 Å². The van der Waals surface area contributed by atoms with Gasteiger partial charge in [-0.25, -0.2) is 9.18 Å². The van der Waals surface area contributed by atoms with Crippen molar-refractivity contribution in [3.05, 3.63) is 35.6 Å². The number of hydrogen-bond donors (Lipinski definition) is 0. The molecule has 0 bridgehead atoms. The van der Waals surface area contributed by atoms with Crippen molar-refractivity contribution in [1.82, 2.24) is 14.7 Å². The zero-order valence-electron chi connectivity index (χ0n) is 13.2. The van der Waals surface area contributed by atoms with Gasteiger partial charge in [0.1, 0.15) is 5.82 Å². The number of likely N-dealkylation sites (N-methyl/N-ethyl adjacent to an activating group) is 1. The maximum absolute atomic E-state index is 13.1. The lowest BCUT2D eigenvalue weighted by Gasteiger charge is -2.41. The first-order valence-corrected chi connectivity index (χ1v) is 8.15. The van der Waals surface area contributed by atoms with E-state index in [-0.39, 0.29) is 17.9 Å². The Kier molecular flexibility index (Phi) is 4.62. The van der Waals surface area contributed by atoms with Crippen LogP contribution in [0.25, 0.3) is 0 Å². The summed E-state index contributed by atoms with van der Waals surface area (Å²) in [6.45, 7) is 4.25. The Balaban J connectivity index is 1.74. The van der Waals surface area contributed by atoms with Crippen LogP contribution in [-0.4, -0.2) is 60.5 Å². The maximum Gasteiger partial charge on any atom is 0.320 e. The fourth-order valence-corrected chi connectivity index (χ4v) is 3.37. The summed E-state index contributed by atoms with van der Waals surface area (Å²) in [7, 11) is 2.09. The Hall–Kier alpha value is -1.62. The average Bonchev–Trinajstić information content (AvgIpc) is 2.56. The fraction of sp³-hybridized carbons (Fsp3) is 0.588. The molecule has 2 aliphatic heterocycles. The molecular weight excluding hydrogens is 281 g/mol. The molecule has 0 saturated carbocycles. The van der Waals surface area contributed by atoms with Crippen LogP contribution in [0.4, 0.5) is 9.18 Å². The second-order valence-corrected chi connectivity index (χ2v) is 6.33. The minimum atomic E-state index is -0.225. The summed E-state index contributed by atoms with van der Waals surface area (Å²) in [6, 6.07) is 6.83. The van der Waals surface area contributed by atoms with Gasteiger partial charge in [-0.2, -0.15) is 0 Å². The van der Waals surface area contributed by atoms with E-state index in [4.69, 9.17) is 0 Å². The molecule has 2 fully saturated rings. The van der Waals surface area contributed by atoms with Crippen molar-refractivity contribution in [3.8, 4) is 0 Å². The van der Waals surface area contributed by atoms with Crippen LogP contribution in [0.1, 0.15) is 30.9 Å². The van der Waals surface area contributed by atoms with Crippen LogP contribution in [0.3, 0.4) is 0 Å². The number of piperidine rings is 1. The highest BCUT2D eigenvalue weighted by atomic mass is 19.1. The summed E-state index contributed by atoms with van der Waals surface area (Å²) >= 11 is 0. The van der Waals surface area contributed by atoms with E-state index in [1.54, 1.807) is 0 Å². The maximum atomic E-state index is 13.1. The highest BCUT2D eigenvalue weighted by Crippen LogP contribution is 2.32. The molecule has 0 aliphatic carbocycles. The van der Waals surface area contributed by atoms with Crippen LogP contribution < -0.4 is 0 Å². The van der Waals surface area contributed by atoms with Crippen LogP contribution in [0.2, 0.25) is 0 Å². The predicted molar refractivity (Wildman–Crippen MR) is 84.2 cm³/mol. The number of benzene rings is 1. The lowest BCUT2D eigenvalue weighted by atomic mass is 9.95. The number of carbonyl (C=O) groups excluding carboxylic acids is 1. The normalized spacial score (nSPS) is 23.6. The van der Waals surface area contributed by atoms with Crippen molar-refractivity contribution >= 4 is 6.03 Å². The Morgan fingerprint density at radius 2 is 1.73 bits per heavy atom. The number of hydrogen-bond acceptors (Lipinski definition) is 2.